The van der Waals surface area contributed by atoms with Crippen LogP contribution in [0.4, 0.5) is 0 Å². The number of Topliss-reactive ketones (excluding diaryl/α,β-unsaturated/α-hetero) is 1. The first kappa shape index (κ1) is 14.5. The van der Waals surface area contributed by atoms with Crippen LogP contribution in [0.1, 0.15) is 29.6 Å². The third-order valence-electron chi connectivity index (χ3n) is 3.78. The Labute approximate surface area is 129 Å². The predicted molar refractivity (Wildman–Crippen MR) is 85.7 cm³/mol. The number of aromatic nitrogens is 1. The summed E-state index contributed by atoms with van der Waals surface area (Å²) in [5, 5.41) is 0. The fourth-order valence-electron chi connectivity index (χ4n) is 2.38. The summed E-state index contributed by atoms with van der Waals surface area (Å²) in [6.07, 6.45) is 1.27. The third-order valence-corrected chi connectivity index (χ3v) is 3.78. The maximum atomic E-state index is 12.6. The first-order valence-electron chi connectivity index (χ1n) is 7.29. The van der Waals surface area contributed by atoms with Crippen LogP contribution in [0.25, 0.3) is 11.1 Å². The fourth-order valence-corrected chi connectivity index (χ4v) is 2.38. The predicted octanol–water partition coefficient (Wildman–Crippen LogP) is 3.36. The van der Waals surface area contributed by atoms with Crippen LogP contribution < -0.4 is 5.73 Å². The second kappa shape index (κ2) is 5.73. The summed E-state index contributed by atoms with van der Waals surface area (Å²) in [6, 6.07) is 17.3. The highest BCUT2D eigenvalue weighted by molar-refractivity contribution is 6.00. The van der Waals surface area contributed by atoms with Crippen molar-refractivity contribution in [2.24, 2.45) is 5.73 Å². The van der Waals surface area contributed by atoms with Gasteiger partial charge in [0.15, 0.2) is 5.58 Å². The zero-order chi connectivity index (χ0) is 15.6. The first-order valence-corrected chi connectivity index (χ1v) is 7.29. The van der Waals surface area contributed by atoms with Crippen molar-refractivity contribution in [3.05, 3.63) is 66.1 Å². The Kier molecular flexibility index (Phi) is 3.77. The Morgan fingerprint density at radius 2 is 1.82 bits per heavy atom. The molecule has 0 unspecified atom stereocenters. The number of para-hydroxylation sites is 2. The molecule has 0 saturated carbocycles. The molecule has 0 radical (unpaired) electrons. The molecular weight excluding hydrogens is 276 g/mol. The molecular formula is C18H18N2O2. The summed E-state index contributed by atoms with van der Waals surface area (Å²) in [7, 11) is 0. The van der Waals surface area contributed by atoms with Crippen LogP contribution in [0, 0.1) is 0 Å². The molecule has 112 valence electrons. The molecule has 0 aliphatic heterocycles. The van der Waals surface area contributed by atoms with Gasteiger partial charge in [0.2, 0.25) is 5.78 Å². The number of benzene rings is 2. The van der Waals surface area contributed by atoms with Crippen LogP contribution in [-0.2, 0) is 6.42 Å². The van der Waals surface area contributed by atoms with E-state index < -0.39 is 5.54 Å². The molecule has 1 aromatic heterocycles. The molecule has 2 N–H and O–H groups in total. The molecule has 0 saturated heterocycles. The third kappa shape index (κ3) is 2.92. The highest BCUT2D eigenvalue weighted by atomic mass is 16.4. The number of hydrogen-bond donors (Lipinski definition) is 1. The van der Waals surface area contributed by atoms with Crippen molar-refractivity contribution in [1.29, 1.82) is 0 Å². The molecule has 0 fully saturated rings. The Morgan fingerprint density at radius 1 is 1.14 bits per heavy atom. The number of ketones is 1. The number of carbonyl (C=O) groups is 1. The Morgan fingerprint density at radius 3 is 2.55 bits per heavy atom. The molecule has 3 aromatic rings. The van der Waals surface area contributed by atoms with E-state index in [0.29, 0.717) is 17.5 Å². The van der Waals surface area contributed by atoms with Gasteiger partial charge >= 0.3 is 0 Å². The number of oxazole rings is 1. The van der Waals surface area contributed by atoms with Crippen molar-refractivity contribution in [2.75, 3.05) is 0 Å². The molecule has 0 bridgehead atoms. The fraction of sp³-hybridized carbons (Fsp3) is 0.222. The summed E-state index contributed by atoms with van der Waals surface area (Å²) >= 11 is 0. The van der Waals surface area contributed by atoms with Gasteiger partial charge < -0.3 is 10.2 Å². The average molecular weight is 294 g/mol. The average Bonchev–Trinajstić information content (AvgIpc) is 2.97. The molecule has 0 spiro atoms. The van der Waals surface area contributed by atoms with E-state index in [1.54, 1.807) is 13.0 Å². The SMILES string of the molecule is C[C@](N)(CCc1ccccc1)C(=O)c1nc2ccccc2o1. The molecule has 0 aliphatic rings. The number of nitrogens with two attached hydrogens (primary N) is 1. The normalized spacial score (nSPS) is 13.9. The van der Waals surface area contributed by atoms with E-state index in [1.165, 1.54) is 0 Å². The van der Waals surface area contributed by atoms with Crippen molar-refractivity contribution in [1.82, 2.24) is 4.98 Å². The van der Waals surface area contributed by atoms with E-state index in [0.717, 1.165) is 12.0 Å². The largest absolute Gasteiger partial charge is 0.434 e. The lowest BCUT2D eigenvalue weighted by Crippen LogP contribution is -2.45. The van der Waals surface area contributed by atoms with Gasteiger partial charge in [-0.05, 0) is 37.5 Å². The zero-order valence-corrected chi connectivity index (χ0v) is 12.5. The maximum absolute atomic E-state index is 12.6. The topological polar surface area (TPSA) is 69.1 Å². The summed E-state index contributed by atoms with van der Waals surface area (Å²) < 4.78 is 5.53. The van der Waals surface area contributed by atoms with Crippen molar-refractivity contribution in [3.63, 3.8) is 0 Å². The molecule has 1 atom stereocenters. The molecule has 3 rings (SSSR count). The lowest BCUT2D eigenvalue weighted by Gasteiger charge is -2.21. The van der Waals surface area contributed by atoms with E-state index in [1.807, 2.05) is 48.5 Å². The molecule has 4 nitrogen and oxygen atoms in total. The molecule has 2 aromatic carbocycles. The van der Waals surface area contributed by atoms with Gasteiger partial charge in [0.25, 0.3) is 5.89 Å². The van der Waals surface area contributed by atoms with Crippen LogP contribution in [-0.4, -0.2) is 16.3 Å². The molecule has 0 aliphatic carbocycles. The van der Waals surface area contributed by atoms with Crippen molar-refractivity contribution in [2.45, 2.75) is 25.3 Å². The van der Waals surface area contributed by atoms with Crippen molar-refractivity contribution < 1.29 is 9.21 Å². The van der Waals surface area contributed by atoms with Crippen LogP contribution in [0.2, 0.25) is 0 Å². The van der Waals surface area contributed by atoms with Gasteiger partial charge in [-0.2, -0.15) is 0 Å². The first-order chi connectivity index (χ1) is 10.6. The number of aryl methyl sites for hydroxylation is 1. The second-order valence-corrected chi connectivity index (χ2v) is 5.72. The minimum absolute atomic E-state index is 0.0826. The van der Waals surface area contributed by atoms with E-state index in [2.05, 4.69) is 4.98 Å². The monoisotopic (exact) mass is 294 g/mol. The van der Waals surface area contributed by atoms with Crippen molar-refractivity contribution >= 4 is 16.9 Å². The highest BCUT2D eigenvalue weighted by Crippen LogP contribution is 2.21. The number of nitrogens with zero attached hydrogens (tertiary/aromatic N) is 1. The van der Waals surface area contributed by atoms with Gasteiger partial charge in [-0.3, -0.25) is 4.79 Å². The van der Waals surface area contributed by atoms with Gasteiger partial charge in [-0.15, -0.1) is 0 Å². The number of hydrogen-bond acceptors (Lipinski definition) is 4. The molecule has 1 heterocycles. The summed E-state index contributed by atoms with van der Waals surface area (Å²) in [6.45, 7) is 1.73. The van der Waals surface area contributed by atoms with Gasteiger partial charge in [0.05, 0.1) is 5.54 Å². The summed E-state index contributed by atoms with van der Waals surface area (Å²) in [5.74, 6) is -0.182. The minimum Gasteiger partial charge on any atom is -0.434 e. The van der Waals surface area contributed by atoms with Crippen molar-refractivity contribution in [3.8, 4) is 0 Å². The number of fused-ring (bicyclic) bond motifs is 1. The Bertz CT molecular complexity index is 758. The van der Waals surface area contributed by atoms with E-state index >= 15 is 0 Å². The van der Waals surface area contributed by atoms with Gasteiger partial charge in [-0.25, -0.2) is 4.98 Å². The second-order valence-electron chi connectivity index (χ2n) is 5.72. The van der Waals surface area contributed by atoms with Crippen LogP contribution in [0.5, 0.6) is 0 Å². The lowest BCUT2D eigenvalue weighted by molar-refractivity contribution is 0.0860. The summed E-state index contributed by atoms with van der Waals surface area (Å²) in [4.78, 5) is 16.8. The standard InChI is InChI=1S/C18H18N2O2/c1-18(19,12-11-13-7-3-2-4-8-13)16(21)17-20-14-9-5-6-10-15(14)22-17/h2-10H,11-12,19H2,1H3/t18-/m0/s1. The number of carbonyl (C=O) groups excluding carboxylic acids is 1. The molecule has 0 amide bonds. The smallest absolute Gasteiger partial charge is 0.266 e. The van der Waals surface area contributed by atoms with E-state index in [9.17, 15) is 4.79 Å². The lowest BCUT2D eigenvalue weighted by atomic mass is 9.90. The molecule has 4 heteroatoms. The quantitative estimate of drug-likeness (QED) is 0.733. The van der Waals surface area contributed by atoms with Gasteiger partial charge in [0, 0.05) is 0 Å². The maximum Gasteiger partial charge on any atom is 0.266 e. The van der Waals surface area contributed by atoms with E-state index in [-0.39, 0.29) is 11.7 Å². The zero-order valence-electron chi connectivity index (χ0n) is 12.5. The van der Waals surface area contributed by atoms with Gasteiger partial charge in [-0.1, -0.05) is 42.5 Å². The van der Waals surface area contributed by atoms with Crippen LogP contribution in [0.15, 0.2) is 59.0 Å². The number of rotatable bonds is 5. The van der Waals surface area contributed by atoms with Crippen LogP contribution in [0.3, 0.4) is 0 Å². The van der Waals surface area contributed by atoms with Gasteiger partial charge in [0.1, 0.15) is 5.52 Å². The Hall–Kier alpha value is -2.46. The van der Waals surface area contributed by atoms with E-state index in [4.69, 9.17) is 10.2 Å². The Balaban J connectivity index is 1.77. The highest BCUT2D eigenvalue weighted by Gasteiger charge is 2.32. The minimum atomic E-state index is -1.00. The molecule has 22 heavy (non-hydrogen) atoms. The summed E-state index contributed by atoms with van der Waals surface area (Å²) in [5.41, 5.74) is 7.64. The van der Waals surface area contributed by atoms with Crippen LogP contribution >= 0.6 is 0 Å².